The molecule has 0 saturated heterocycles. The number of sulfonamides is 1. The minimum Gasteiger partial charge on any atom is -0.352 e. The van der Waals surface area contributed by atoms with Crippen LogP contribution in [0.25, 0.3) is 0 Å². The van der Waals surface area contributed by atoms with Gasteiger partial charge in [0.2, 0.25) is 21.8 Å². The van der Waals surface area contributed by atoms with Gasteiger partial charge >= 0.3 is 0 Å². The van der Waals surface area contributed by atoms with Gasteiger partial charge in [-0.3, -0.25) is 13.9 Å². The van der Waals surface area contributed by atoms with Crippen LogP contribution in [0, 0.1) is 0 Å². The third-order valence-electron chi connectivity index (χ3n) is 4.68. The SMILES string of the molecule is CC(C)NC(=O)[C@@H](C)N(Cc1ccc(Cl)cc1Cl)C(=O)CN(c1ccccc1)S(C)(=O)=O. The van der Waals surface area contributed by atoms with E-state index in [4.69, 9.17) is 23.2 Å². The predicted molar refractivity (Wildman–Crippen MR) is 128 cm³/mol. The fourth-order valence-corrected chi connectivity index (χ4v) is 4.35. The molecular weight excluding hydrogens is 473 g/mol. The maximum Gasteiger partial charge on any atom is 0.244 e. The van der Waals surface area contributed by atoms with Crippen LogP contribution in [0.4, 0.5) is 5.69 Å². The molecule has 0 spiro atoms. The highest BCUT2D eigenvalue weighted by atomic mass is 35.5. The molecule has 0 saturated carbocycles. The van der Waals surface area contributed by atoms with E-state index < -0.39 is 28.5 Å². The second-order valence-corrected chi connectivity index (χ2v) is 10.5. The molecule has 2 amide bonds. The lowest BCUT2D eigenvalue weighted by molar-refractivity contribution is -0.139. The van der Waals surface area contributed by atoms with E-state index in [-0.39, 0.29) is 18.5 Å². The van der Waals surface area contributed by atoms with E-state index in [0.717, 1.165) is 10.6 Å². The zero-order chi connectivity index (χ0) is 24.1. The molecule has 0 bridgehead atoms. The molecule has 0 aliphatic heterocycles. The van der Waals surface area contributed by atoms with E-state index in [1.165, 1.54) is 4.90 Å². The Morgan fingerprint density at radius 1 is 1.03 bits per heavy atom. The highest BCUT2D eigenvalue weighted by molar-refractivity contribution is 7.92. The third-order valence-corrected chi connectivity index (χ3v) is 6.40. The van der Waals surface area contributed by atoms with Crippen LogP contribution in [-0.2, 0) is 26.2 Å². The van der Waals surface area contributed by atoms with Gasteiger partial charge in [-0.15, -0.1) is 0 Å². The van der Waals surface area contributed by atoms with Crippen LogP contribution < -0.4 is 9.62 Å². The molecule has 0 aliphatic carbocycles. The minimum absolute atomic E-state index is 0.00785. The van der Waals surface area contributed by atoms with Gasteiger partial charge in [0.25, 0.3) is 0 Å². The molecule has 7 nitrogen and oxygen atoms in total. The lowest BCUT2D eigenvalue weighted by atomic mass is 10.1. The average Bonchev–Trinajstić information content (AvgIpc) is 2.70. The quantitative estimate of drug-likeness (QED) is 0.569. The van der Waals surface area contributed by atoms with Crippen molar-refractivity contribution in [3.8, 4) is 0 Å². The highest BCUT2D eigenvalue weighted by Crippen LogP contribution is 2.24. The summed E-state index contributed by atoms with van der Waals surface area (Å²) in [7, 11) is -3.76. The topological polar surface area (TPSA) is 86.8 Å². The number of hydrogen-bond acceptors (Lipinski definition) is 4. The predicted octanol–water partition coefficient (Wildman–Crippen LogP) is 3.70. The van der Waals surface area contributed by atoms with Crippen LogP contribution in [0.2, 0.25) is 10.0 Å². The fourth-order valence-electron chi connectivity index (χ4n) is 3.03. The first-order valence-corrected chi connectivity index (χ1v) is 12.6. The number of hydrogen-bond donors (Lipinski definition) is 1. The van der Waals surface area contributed by atoms with Gasteiger partial charge < -0.3 is 10.2 Å². The molecule has 32 heavy (non-hydrogen) atoms. The summed E-state index contributed by atoms with van der Waals surface area (Å²) in [5.74, 6) is -0.902. The van der Waals surface area contributed by atoms with Crippen LogP contribution in [0.1, 0.15) is 26.3 Å². The summed E-state index contributed by atoms with van der Waals surface area (Å²) >= 11 is 12.3. The van der Waals surface area contributed by atoms with E-state index in [1.54, 1.807) is 55.5 Å². The minimum atomic E-state index is -3.76. The highest BCUT2D eigenvalue weighted by Gasteiger charge is 2.30. The number of rotatable bonds is 9. The maximum atomic E-state index is 13.4. The average molecular weight is 500 g/mol. The number of nitrogens with zero attached hydrogens (tertiary/aromatic N) is 2. The molecule has 0 unspecified atom stereocenters. The monoisotopic (exact) mass is 499 g/mol. The maximum absolute atomic E-state index is 13.4. The molecule has 1 atom stereocenters. The Morgan fingerprint density at radius 3 is 2.19 bits per heavy atom. The van der Waals surface area contributed by atoms with Gasteiger partial charge in [-0.1, -0.05) is 47.5 Å². The Balaban J connectivity index is 2.40. The largest absolute Gasteiger partial charge is 0.352 e. The summed E-state index contributed by atoms with van der Waals surface area (Å²) in [6, 6.07) is 12.2. The number of amides is 2. The normalized spacial score (nSPS) is 12.3. The number of carbonyl (C=O) groups is 2. The van der Waals surface area contributed by atoms with Crippen LogP contribution in [0.5, 0.6) is 0 Å². The van der Waals surface area contributed by atoms with Crippen LogP contribution in [0.15, 0.2) is 48.5 Å². The van der Waals surface area contributed by atoms with Crippen LogP contribution in [-0.4, -0.2) is 50.0 Å². The first-order chi connectivity index (χ1) is 14.9. The van der Waals surface area contributed by atoms with E-state index >= 15 is 0 Å². The molecule has 0 radical (unpaired) electrons. The van der Waals surface area contributed by atoms with E-state index in [0.29, 0.717) is 21.3 Å². The summed E-state index contributed by atoms with van der Waals surface area (Å²) in [5, 5.41) is 3.57. The molecular formula is C22H27Cl2N3O4S. The molecule has 174 valence electrons. The molecule has 0 aliphatic rings. The van der Waals surface area contributed by atoms with Crippen molar-refractivity contribution in [2.45, 2.75) is 39.4 Å². The number of anilines is 1. The molecule has 0 heterocycles. The Kier molecular flexibility index (Phi) is 8.95. The first-order valence-electron chi connectivity index (χ1n) is 9.96. The molecule has 10 heteroatoms. The van der Waals surface area contributed by atoms with E-state index in [2.05, 4.69) is 5.32 Å². The second kappa shape index (κ2) is 11.0. The van der Waals surface area contributed by atoms with E-state index in [9.17, 15) is 18.0 Å². The fraction of sp³-hybridized carbons (Fsp3) is 0.364. The summed E-state index contributed by atoms with van der Waals surface area (Å²) in [4.78, 5) is 27.4. The molecule has 2 aromatic rings. The third kappa shape index (κ3) is 7.12. The smallest absolute Gasteiger partial charge is 0.244 e. The van der Waals surface area contributed by atoms with Crippen LogP contribution in [0.3, 0.4) is 0 Å². The van der Waals surface area contributed by atoms with Gasteiger partial charge in [-0.05, 0) is 50.6 Å². The molecule has 0 aromatic heterocycles. The van der Waals surface area contributed by atoms with Crippen molar-refractivity contribution in [2.24, 2.45) is 0 Å². The summed E-state index contributed by atoms with van der Waals surface area (Å²) < 4.78 is 25.9. The summed E-state index contributed by atoms with van der Waals surface area (Å²) in [6.45, 7) is 4.76. The van der Waals surface area contributed by atoms with Crippen molar-refractivity contribution in [2.75, 3.05) is 17.1 Å². The number of benzene rings is 2. The summed E-state index contributed by atoms with van der Waals surface area (Å²) in [6.07, 6.45) is 1.03. The van der Waals surface area contributed by atoms with Crippen molar-refractivity contribution < 1.29 is 18.0 Å². The van der Waals surface area contributed by atoms with Crippen molar-refractivity contribution >= 4 is 50.7 Å². The summed E-state index contributed by atoms with van der Waals surface area (Å²) in [5.41, 5.74) is 0.936. The van der Waals surface area contributed by atoms with Crippen LogP contribution >= 0.6 is 23.2 Å². The number of para-hydroxylation sites is 1. The molecule has 1 N–H and O–H groups in total. The van der Waals surface area contributed by atoms with Gasteiger partial charge in [0, 0.05) is 22.6 Å². The zero-order valence-corrected chi connectivity index (χ0v) is 20.7. The number of halogens is 2. The Bertz CT molecular complexity index is 1060. The lowest BCUT2D eigenvalue weighted by Gasteiger charge is -2.32. The van der Waals surface area contributed by atoms with Gasteiger partial charge in [-0.2, -0.15) is 0 Å². The van der Waals surface area contributed by atoms with Crippen molar-refractivity contribution in [3.05, 3.63) is 64.1 Å². The molecule has 0 fully saturated rings. The van der Waals surface area contributed by atoms with E-state index in [1.807, 2.05) is 13.8 Å². The van der Waals surface area contributed by atoms with Crippen molar-refractivity contribution in [1.29, 1.82) is 0 Å². The number of carbonyl (C=O) groups excluding carboxylic acids is 2. The molecule has 2 aromatic carbocycles. The standard InChI is InChI=1S/C22H27Cl2N3O4S/c1-15(2)25-22(29)16(3)26(13-17-10-11-18(23)12-20(17)24)21(28)14-27(32(4,30)31)19-8-6-5-7-9-19/h5-12,15-16H,13-14H2,1-4H3,(H,25,29)/t16-/m1/s1. The molecule has 2 rings (SSSR count). The Labute approximate surface area is 199 Å². The first kappa shape index (κ1) is 26.0. The van der Waals surface area contributed by atoms with Gasteiger partial charge in [-0.25, -0.2) is 8.42 Å². The van der Waals surface area contributed by atoms with Crippen molar-refractivity contribution in [1.82, 2.24) is 10.2 Å². The van der Waals surface area contributed by atoms with Gasteiger partial charge in [0.05, 0.1) is 11.9 Å². The second-order valence-electron chi connectivity index (χ2n) is 7.70. The van der Waals surface area contributed by atoms with Gasteiger partial charge in [0.1, 0.15) is 12.6 Å². The zero-order valence-electron chi connectivity index (χ0n) is 18.4. The van der Waals surface area contributed by atoms with Crippen molar-refractivity contribution in [3.63, 3.8) is 0 Å². The lowest BCUT2D eigenvalue weighted by Crippen LogP contribution is -2.52. The number of nitrogens with one attached hydrogen (secondary N) is 1. The Morgan fingerprint density at radius 2 is 1.66 bits per heavy atom. The van der Waals surface area contributed by atoms with Gasteiger partial charge in [0.15, 0.2) is 0 Å². The Hall–Kier alpha value is -2.29.